The number of aliphatic hydroxyl groups is 1. The summed E-state index contributed by atoms with van der Waals surface area (Å²) < 4.78 is 5.46. The van der Waals surface area contributed by atoms with Crippen LogP contribution in [-0.2, 0) is 6.61 Å². The third-order valence-corrected chi connectivity index (χ3v) is 3.29. The lowest BCUT2D eigenvalue weighted by molar-refractivity contribution is 0.282. The van der Waals surface area contributed by atoms with Gasteiger partial charge in [0.15, 0.2) is 0 Å². The zero-order valence-corrected chi connectivity index (χ0v) is 11.4. The maximum atomic E-state index is 9.38. The van der Waals surface area contributed by atoms with E-state index in [1.165, 1.54) is 16.5 Å². The maximum Gasteiger partial charge on any atom is 0.126 e. The second-order valence-electron chi connectivity index (χ2n) is 5.06. The monoisotopic (exact) mass is 244 g/mol. The Bertz CT molecular complexity index is 571. The van der Waals surface area contributed by atoms with E-state index in [4.69, 9.17) is 4.74 Å². The van der Waals surface area contributed by atoms with Crippen LogP contribution in [0.2, 0.25) is 0 Å². The molecule has 96 valence electrons. The minimum Gasteiger partial charge on any atom is -0.496 e. The molecule has 0 radical (unpaired) electrons. The number of aliphatic hydroxyl groups excluding tert-OH is 1. The van der Waals surface area contributed by atoms with Crippen LogP contribution >= 0.6 is 0 Å². The number of hydrogen-bond donors (Lipinski definition) is 1. The molecule has 2 aromatic rings. The molecule has 0 aromatic heterocycles. The number of rotatable bonds is 3. The van der Waals surface area contributed by atoms with Gasteiger partial charge in [-0.2, -0.15) is 0 Å². The van der Waals surface area contributed by atoms with Gasteiger partial charge < -0.3 is 9.84 Å². The Hall–Kier alpha value is -1.54. The van der Waals surface area contributed by atoms with Crippen molar-refractivity contribution < 1.29 is 9.84 Å². The smallest absolute Gasteiger partial charge is 0.126 e. The highest BCUT2D eigenvalue weighted by Gasteiger charge is 2.11. The topological polar surface area (TPSA) is 29.5 Å². The highest BCUT2D eigenvalue weighted by atomic mass is 16.5. The Labute approximate surface area is 108 Å². The van der Waals surface area contributed by atoms with Gasteiger partial charge in [-0.1, -0.05) is 26.0 Å². The second-order valence-corrected chi connectivity index (χ2v) is 5.06. The molecule has 0 atom stereocenters. The summed E-state index contributed by atoms with van der Waals surface area (Å²) in [6.07, 6.45) is 0. The molecule has 0 aliphatic heterocycles. The van der Waals surface area contributed by atoms with Crippen LogP contribution in [0.15, 0.2) is 24.3 Å². The number of ether oxygens (including phenoxy) is 1. The van der Waals surface area contributed by atoms with Gasteiger partial charge in [-0.15, -0.1) is 0 Å². The van der Waals surface area contributed by atoms with E-state index in [0.29, 0.717) is 5.92 Å². The molecule has 0 fully saturated rings. The molecule has 0 aliphatic carbocycles. The van der Waals surface area contributed by atoms with Crippen molar-refractivity contribution in [2.24, 2.45) is 0 Å². The lowest BCUT2D eigenvalue weighted by atomic mass is 9.92. The zero-order valence-electron chi connectivity index (χ0n) is 11.4. The molecular weight excluding hydrogens is 224 g/mol. The molecule has 0 unspecified atom stereocenters. The Morgan fingerprint density at radius 1 is 1.11 bits per heavy atom. The lowest BCUT2D eigenvalue weighted by Crippen LogP contribution is -1.96. The van der Waals surface area contributed by atoms with Crippen molar-refractivity contribution in [3.63, 3.8) is 0 Å². The largest absolute Gasteiger partial charge is 0.496 e. The van der Waals surface area contributed by atoms with Crippen molar-refractivity contribution >= 4 is 10.8 Å². The van der Waals surface area contributed by atoms with Crippen LogP contribution in [0, 0.1) is 6.92 Å². The Kier molecular flexibility index (Phi) is 3.58. The molecule has 0 aliphatic rings. The number of aryl methyl sites for hydroxylation is 1. The minimum atomic E-state index is 0.0622. The molecule has 18 heavy (non-hydrogen) atoms. The van der Waals surface area contributed by atoms with Gasteiger partial charge in [0, 0.05) is 5.39 Å². The molecule has 0 heterocycles. The summed E-state index contributed by atoms with van der Waals surface area (Å²) in [4.78, 5) is 0. The summed E-state index contributed by atoms with van der Waals surface area (Å²) in [6.45, 7) is 6.48. The van der Waals surface area contributed by atoms with Gasteiger partial charge >= 0.3 is 0 Å². The predicted octanol–water partition coefficient (Wildman–Crippen LogP) is 3.77. The fourth-order valence-corrected chi connectivity index (χ4v) is 2.39. The fourth-order valence-electron chi connectivity index (χ4n) is 2.39. The van der Waals surface area contributed by atoms with Crippen LogP contribution in [0.5, 0.6) is 5.75 Å². The summed E-state index contributed by atoms with van der Waals surface area (Å²) in [7, 11) is 1.69. The standard InChI is InChI=1S/C16H20O2/c1-10(2)13-7-12(9-17)8-15-14(13)5-11(3)6-16(15)18-4/h5-8,10,17H,9H2,1-4H3. The Balaban J connectivity index is 2.85. The van der Waals surface area contributed by atoms with Crippen molar-refractivity contribution in [1.29, 1.82) is 0 Å². The summed E-state index contributed by atoms with van der Waals surface area (Å²) >= 11 is 0. The zero-order chi connectivity index (χ0) is 13.3. The van der Waals surface area contributed by atoms with Crippen LogP contribution < -0.4 is 4.74 Å². The van der Waals surface area contributed by atoms with Crippen molar-refractivity contribution in [3.05, 3.63) is 41.0 Å². The molecule has 0 spiro atoms. The Morgan fingerprint density at radius 2 is 1.83 bits per heavy atom. The van der Waals surface area contributed by atoms with Crippen molar-refractivity contribution in [1.82, 2.24) is 0 Å². The molecule has 2 rings (SSSR count). The van der Waals surface area contributed by atoms with Crippen LogP contribution in [0.3, 0.4) is 0 Å². The van der Waals surface area contributed by atoms with Gasteiger partial charge in [0.1, 0.15) is 5.75 Å². The normalized spacial score (nSPS) is 11.2. The average Bonchev–Trinajstić information content (AvgIpc) is 2.36. The summed E-state index contributed by atoms with van der Waals surface area (Å²) in [6, 6.07) is 8.33. The quantitative estimate of drug-likeness (QED) is 0.890. The first-order valence-electron chi connectivity index (χ1n) is 6.28. The molecule has 0 saturated heterocycles. The van der Waals surface area contributed by atoms with E-state index in [1.807, 2.05) is 12.1 Å². The molecule has 2 heteroatoms. The summed E-state index contributed by atoms with van der Waals surface area (Å²) in [5.74, 6) is 1.30. The van der Waals surface area contributed by atoms with Crippen LogP contribution in [0.1, 0.15) is 36.5 Å². The molecule has 0 amide bonds. The molecule has 0 saturated carbocycles. The van der Waals surface area contributed by atoms with E-state index in [1.54, 1.807) is 7.11 Å². The highest BCUT2D eigenvalue weighted by molar-refractivity contribution is 5.92. The number of benzene rings is 2. The van der Waals surface area contributed by atoms with Gasteiger partial charge in [-0.05, 0) is 47.1 Å². The highest BCUT2D eigenvalue weighted by Crippen LogP contribution is 2.34. The Morgan fingerprint density at radius 3 is 2.39 bits per heavy atom. The van der Waals surface area contributed by atoms with Crippen LogP contribution in [0.4, 0.5) is 0 Å². The van der Waals surface area contributed by atoms with Crippen molar-refractivity contribution in [2.45, 2.75) is 33.3 Å². The number of methoxy groups -OCH3 is 1. The van der Waals surface area contributed by atoms with Crippen LogP contribution in [0.25, 0.3) is 10.8 Å². The van der Waals surface area contributed by atoms with Crippen LogP contribution in [-0.4, -0.2) is 12.2 Å². The van der Waals surface area contributed by atoms with E-state index >= 15 is 0 Å². The average molecular weight is 244 g/mol. The summed E-state index contributed by atoms with van der Waals surface area (Å²) in [5, 5.41) is 11.7. The minimum absolute atomic E-state index is 0.0622. The van der Waals surface area contributed by atoms with E-state index in [2.05, 4.69) is 32.9 Å². The van der Waals surface area contributed by atoms with Gasteiger partial charge in [0.25, 0.3) is 0 Å². The molecular formula is C16H20O2. The predicted molar refractivity (Wildman–Crippen MR) is 75.2 cm³/mol. The second kappa shape index (κ2) is 4.99. The van der Waals surface area contributed by atoms with Crippen molar-refractivity contribution in [2.75, 3.05) is 7.11 Å². The first kappa shape index (κ1) is 12.9. The van der Waals surface area contributed by atoms with Gasteiger partial charge in [-0.25, -0.2) is 0 Å². The van der Waals surface area contributed by atoms with E-state index in [0.717, 1.165) is 16.7 Å². The number of hydrogen-bond acceptors (Lipinski definition) is 2. The third-order valence-electron chi connectivity index (χ3n) is 3.29. The first-order chi connectivity index (χ1) is 8.56. The first-order valence-corrected chi connectivity index (χ1v) is 6.28. The van der Waals surface area contributed by atoms with Gasteiger partial charge in [-0.3, -0.25) is 0 Å². The van der Waals surface area contributed by atoms with E-state index < -0.39 is 0 Å². The lowest BCUT2D eigenvalue weighted by Gasteiger charge is -2.15. The molecule has 0 bridgehead atoms. The summed E-state index contributed by atoms with van der Waals surface area (Å²) in [5.41, 5.74) is 3.39. The van der Waals surface area contributed by atoms with Crippen molar-refractivity contribution in [3.8, 4) is 5.75 Å². The molecule has 2 nitrogen and oxygen atoms in total. The van der Waals surface area contributed by atoms with Gasteiger partial charge in [0.05, 0.1) is 13.7 Å². The van der Waals surface area contributed by atoms with E-state index in [9.17, 15) is 5.11 Å². The SMILES string of the molecule is COc1cc(C)cc2c(C(C)C)cc(CO)cc12. The molecule has 2 aromatic carbocycles. The maximum absolute atomic E-state index is 9.38. The van der Waals surface area contributed by atoms with E-state index in [-0.39, 0.29) is 6.61 Å². The van der Waals surface area contributed by atoms with Gasteiger partial charge in [0.2, 0.25) is 0 Å². The number of fused-ring (bicyclic) bond motifs is 1. The third kappa shape index (κ3) is 2.21. The fraction of sp³-hybridized carbons (Fsp3) is 0.375. The molecule has 1 N–H and O–H groups in total.